The normalized spacial score (nSPS) is 12.0. The van der Waals surface area contributed by atoms with E-state index in [1.807, 2.05) is 0 Å². The summed E-state index contributed by atoms with van der Waals surface area (Å²) in [5.74, 6) is -1.41. The van der Waals surface area contributed by atoms with Crippen LogP contribution in [0.15, 0.2) is 23.1 Å². The highest BCUT2D eigenvalue weighted by atomic mass is 16.5. The number of amides is 1. The fraction of sp³-hybridized carbons (Fsp3) is 0.333. The Balaban J connectivity index is 2.01. The topological polar surface area (TPSA) is 130 Å². The maximum atomic E-state index is 11.9. The number of hydrogen-bond donors (Lipinski definition) is 3. The van der Waals surface area contributed by atoms with Gasteiger partial charge in [-0.05, 0) is 0 Å². The molecule has 0 radical (unpaired) electrons. The van der Waals surface area contributed by atoms with E-state index < -0.39 is 17.9 Å². The van der Waals surface area contributed by atoms with Crippen molar-refractivity contribution in [2.45, 2.75) is 19.1 Å². The zero-order valence-electron chi connectivity index (χ0n) is 11.2. The van der Waals surface area contributed by atoms with Gasteiger partial charge >= 0.3 is 5.97 Å². The van der Waals surface area contributed by atoms with E-state index in [1.54, 1.807) is 0 Å². The van der Waals surface area contributed by atoms with Crippen molar-refractivity contribution in [3.8, 4) is 0 Å². The number of carboxylic acid groups (broad SMARTS) is 1. The molecular weight excluding hydrogens is 280 g/mol. The Bertz CT molecular complexity index is 607. The van der Waals surface area contributed by atoms with Crippen molar-refractivity contribution < 1.29 is 24.0 Å². The highest BCUT2D eigenvalue weighted by Gasteiger charge is 2.23. The lowest BCUT2D eigenvalue weighted by Crippen LogP contribution is -2.42. The largest absolute Gasteiger partial charge is 0.480 e. The minimum absolute atomic E-state index is 0.00193. The minimum Gasteiger partial charge on any atom is -0.480 e. The number of aliphatic carboxylic acids is 1. The second-order valence-electron chi connectivity index (χ2n) is 4.26. The monoisotopic (exact) mass is 294 g/mol. The zero-order valence-corrected chi connectivity index (χ0v) is 11.2. The molecule has 2 heterocycles. The van der Waals surface area contributed by atoms with Crippen molar-refractivity contribution >= 4 is 11.9 Å². The number of carbonyl (C=O) groups excluding carboxylic acids is 1. The van der Waals surface area contributed by atoms with Gasteiger partial charge in [-0.2, -0.15) is 0 Å². The van der Waals surface area contributed by atoms with Gasteiger partial charge in [0.2, 0.25) is 0 Å². The molecule has 1 amide bonds. The molecule has 0 aliphatic heterocycles. The van der Waals surface area contributed by atoms with Crippen molar-refractivity contribution in [1.29, 1.82) is 0 Å². The molecule has 0 saturated carbocycles. The van der Waals surface area contributed by atoms with Crippen molar-refractivity contribution in [1.82, 2.24) is 20.4 Å². The van der Waals surface area contributed by atoms with Crippen LogP contribution >= 0.6 is 0 Å². The molecule has 0 bridgehead atoms. The number of carbonyl (C=O) groups is 2. The molecular formula is C12H14N4O5. The van der Waals surface area contributed by atoms with E-state index >= 15 is 0 Å². The number of aromatic nitrogens is 3. The predicted molar refractivity (Wildman–Crippen MR) is 68.4 cm³/mol. The summed E-state index contributed by atoms with van der Waals surface area (Å²) in [5.41, 5.74) is 0.598. The second kappa shape index (κ2) is 6.66. The van der Waals surface area contributed by atoms with E-state index in [0.29, 0.717) is 11.5 Å². The molecule has 9 heteroatoms. The summed E-state index contributed by atoms with van der Waals surface area (Å²) >= 11 is 0. The summed E-state index contributed by atoms with van der Waals surface area (Å²) < 4.78 is 9.71. The Labute approximate surface area is 119 Å². The number of aromatic amines is 1. The Morgan fingerprint density at radius 1 is 1.57 bits per heavy atom. The third kappa shape index (κ3) is 3.89. The first-order valence-electron chi connectivity index (χ1n) is 6.05. The van der Waals surface area contributed by atoms with Crippen LogP contribution in [0.5, 0.6) is 0 Å². The molecule has 0 fully saturated rings. The van der Waals surface area contributed by atoms with Gasteiger partial charge in [0.1, 0.15) is 12.6 Å². The average Bonchev–Trinajstić information content (AvgIpc) is 3.09. The van der Waals surface area contributed by atoms with Crippen molar-refractivity contribution in [3.05, 3.63) is 35.7 Å². The first-order valence-corrected chi connectivity index (χ1v) is 6.05. The third-order valence-corrected chi connectivity index (χ3v) is 2.66. The van der Waals surface area contributed by atoms with Crippen LogP contribution in [-0.4, -0.2) is 45.3 Å². The Morgan fingerprint density at radius 2 is 2.38 bits per heavy atom. The van der Waals surface area contributed by atoms with Gasteiger partial charge in [-0.1, -0.05) is 5.16 Å². The molecule has 0 saturated heterocycles. The highest BCUT2D eigenvalue weighted by Crippen LogP contribution is 2.06. The van der Waals surface area contributed by atoms with E-state index in [2.05, 4.69) is 20.4 Å². The van der Waals surface area contributed by atoms with Crippen LogP contribution in [0.4, 0.5) is 0 Å². The Morgan fingerprint density at radius 3 is 3.00 bits per heavy atom. The lowest BCUT2D eigenvalue weighted by atomic mass is 10.1. The predicted octanol–water partition coefficient (Wildman–Crippen LogP) is -0.0302. The number of nitrogens with zero attached hydrogens (tertiary/aromatic N) is 2. The fourth-order valence-electron chi connectivity index (χ4n) is 1.68. The molecule has 1 atom stereocenters. The number of rotatable bonds is 7. The smallest absolute Gasteiger partial charge is 0.326 e. The van der Waals surface area contributed by atoms with Gasteiger partial charge in [0.15, 0.2) is 11.5 Å². The standard InChI is InChI=1S/C12H14N4O5/c1-20-5-8-3-9(16-21-8)11(17)15-10(12(18)19)2-7-4-13-6-14-7/h3-4,6,10H,2,5H2,1H3,(H,13,14)(H,15,17)(H,18,19)/t10-/m1/s1. The van der Waals surface area contributed by atoms with Crippen molar-refractivity contribution in [2.24, 2.45) is 0 Å². The average molecular weight is 294 g/mol. The number of carboxylic acids is 1. The first kappa shape index (κ1) is 14.7. The maximum Gasteiger partial charge on any atom is 0.326 e. The number of imidazole rings is 1. The van der Waals surface area contributed by atoms with Gasteiger partial charge in [-0.15, -0.1) is 0 Å². The molecule has 0 unspecified atom stereocenters. The number of H-pyrrole nitrogens is 1. The molecule has 0 aliphatic carbocycles. The van der Waals surface area contributed by atoms with Gasteiger partial charge in [0.25, 0.3) is 5.91 Å². The quantitative estimate of drug-likeness (QED) is 0.653. The Kier molecular flexibility index (Phi) is 4.67. The van der Waals surface area contributed by atoms with Crippen LogP contribution in [0.1, 0.15) is 21.9 Å². The van der Waals surface area contributed by atoms with E-state index in [-0.39, 0.29) is 18.7 Å². The van der Waals surface area contributed by atoms with Crippen LogP contribution < -0.4 is 5.32 Å². The summed E-state index contributed by atoms with van der Waals surface area (Å²) in [6.45, 7) is 0.177. The van der Waals surface area contributed by atoms with E-state index in [0.717, 1.165) is 0 Å². The molecule has 9 nitrogen and oxygen atoms in total. The van der Waals surface area contributed by atoms with Gasteiger partial charge < -0.3 is 24.7 Å². The molecule has 3 N–H and O–H groups in total. The summed E-state index contributed by atoms with van der Waals surface area (Å²) in [6.07, 6.45) is 3.02. The van der Waals surface area contributed by atoms with Crippen LogP contribution in [0.2, 0.25) is 0 Å². The number of methoxy groups -OCH3 is 1. The Hall–Kier alpha value is -2.68. The fourth-order valence-corrected chi connectivity index (χ4v) is 1.68. The SMILES string of the molecule is COCc1cc(C(=O)N[C@H](Cc2cnc[nH]2)C(=O)O)no1. The van der Waals surface area contributed by atoms with Crippen LogP contribution in [-0.2, 0) is 22.6 Å². The third-order valence-electron chi connectivity index (χ3n) is 2.66. The lowest BCUT2D eigenvalue weighted by molar-refractivity contribution is -0.139. The van der Waals surface area contributed by atoms with Crippen molar-refractivity contribution in [2.75, 3.05) is 7.11 Å². The molecule has 0 aliphatic rings. The molecule has 0 spiro atoms. The summed E-state index contributed by atoms with van der Waals surface area (Å²) in [6, 6.07) is 0.300. The van der Waals surface area contributed by atoms with Gasteiger partial charge in [-0.3, -0.25) is 4.79 Å². The van der Waals surface area contributed by atoms with Crippen LogP contribution in [0.25, 0.3) is 0 Å². The second-order valence-corrected chi connectivity index (χ2v) is 4.26. The van der Waals surface area contributed by atoms with Gasteiger partial charge in [0, 0.05) is 31.5 Å². The maximum absolute atomic E-state index is 11.9. The van der Waals surface area contributed by atoms with Crippen molar-refractivity contribution in [3.63, 3.8) is 0 Å². The molecule has 112 valence electrons. The summed E-state index contributed by atoms with van der Waals surface area (Å²) in [7, 11) is 1.48. The van der Waals surface area contributed by atoms with E-state index in [4.69, 9.17) is 14.4 Å². The lowest BCUT2D eigenvalue weighted by Gasteiger charge is -2.12. The first-order chi connectivity index (χ1) is 10.1. The van der Waals surface area contributed by atoms with Gasteiger partial charge in [-0.25, -0.2) is 9.78 Å². The minimum atomic E-state index is -1.15. The zero-order chi connectivity index (χ0) is 15.2. The number of nitrogens with one attached hydrogen (secondary N) is 2. The van der Waals surface area contributed by atoms with Crippen LogP contribution in [0, 0.1) is 0 Å². The molecule has 2 aromatic heterocycles. The number of hydrogen-bond acceptors (Lipinski definition) is 6. The van der Waals surface area contributed by atoms with Gasteiger partial charge in [0.05, 0.1) is 6.33 Å². The summed E-state index contributed by atoms with van der Waals surface area (Å²) in [5, 5.41) is 15.1. The van der Waals surface area contributed by atoms with E-state index in [9.17, 15) is 9.59 Å². The highest BCUT2D eigenvalue weighted by molar-refractivity contribution is 5.94. The number of ether oxygens (including phenoxy) is 1. The molecule has 2 rings (SSSR count). The molecule has 21 heavy (non-hydrogen) atoms. The molecule has 2 aromatic rings. The molecule has 0 aromatic carbocycles. The summed E-state index contributed by atoms with van der Waals surface area (Å²) in [4.78, 5) is 29.7. The van der Waals surface area contributed by atoms with Crippen LogP contribution in [0.3, 0.4) is 0 Å². The van der Waals surface area contributed by atoms with E-state index in [1.165, 1.54) is 25.7 Å².